The molecule has 1 aliphatic rings. The fourth-order valence-electron chi connectivity index (χ4n) is 3.20. The van der Waals surface area contributed by atoms with Gasteiger partial charge in [0, 0.05) is 43.9 Å². The van der Waals surface area contributed by atoms with Crippen LogP contribution < -0.4 is 5.32 Å². The average Bonchev–Trinajstić information content (AvgIpc) is 2.48. The number of hydrogen-bond donors (Lipinski definition) is 2. The van der Waals surface area contributed by atoms with Crippen LogP contribution in [0, 0.1) is 26.9 Å². The van der Waals surface area contributed by atoms with Gasteiger partial charge in [-0.2, -0.15) is 5.26 Å². The summed E-state index contributed by atoms with van der Waals surface area (Å²) in [6, 6.07) is 4.43. The first kappa shape index (κ1) is 23.4. The molecule has 1 saturated heterocycles. The molecule has 1 atom stereocenters. The minimum atomic E-state index is -0.642. The van der Waals surface area contributed by atoms with Crippen molar-refractivity contribution in [3.8, 4) is 11.8 Å². The summed E-state index contributed by atoms with van der Waals surface area (Å²) in [5.74, 6) is -0.340. The summed E-state index contributed by atoms with van der Waals surface area (Å²) in [6.45, 7) is 9.32. The minimum Gasteiger partial charge on any atom is -0.502 e. The summed E-state index contributed by atoms with van der Waals surface area (Å²) in [4.78, 5) is 12.8. The molecular formula is C16H24Cl2N4O3. The Labute approximate surface area is 160 Å². The SMILES string of the molecule is CC(C)(C)[C@@H](c1cc(C#N)cc([N+](=O)[O-])c1O)N1CCNCC1.Cl.Cl. The Morgan fingerprint density at radius 1 is 1.32 bits per heavy atom. The Hall–Kier alpha value is -1.59. The predicted octanol–water partition coefficient (Wildman–Crippen LogP) is 3.01. The first-order valence-corrected chi connectivity index (χ1v) is 7.62. The van der Waals surface area contributed by atoms with E-state index in [0.717, 1.165) is 32.2 Å². The lowest BCUT2D eigenvalue weighted by atomic mass is 9.80. The number of piperazine rings is 1. The van der Waals surface area contributed by atoms with Crippen molar-refractivity contribution in [1.82, 2.24) is 10.2 Å². The molecule has 9 heteroatoms. The molecule has 25 heavy (non-hydrogen) atoms. The van der Waals surface area contributed by atoms with Crippen LogP contribution in [0.3, 0.4) is 0 Å². The largest absolute Gasteiger partial charge is 0.502 e. The van der Waals surface area contributed by atoms with Crippen LogP contribution >= 0.6 is 24.8 Å². The van der Waals surface area contributed by atoms with Gasteiger partial charge < -0.3 is 10.4 Å². The third-order valence-corrected chi connectivity index (χ3v) is 4.08. The monoisotopic (exact) mass is 390 g/mol. The van der Waals surface area contributed by atoms with Crippen molar-refractivity contribution >= 4 is 30.5 Å². The second kappa shape index (κ2) is 9.20. The quantitative estimate of drug-likeness (QED) is 0.607. The van der Waals surface area contributed by atoms with Crippen molar-refractivity contribution in [2.75, 3.05) is 26.2 Å². The number of benzene rings is 1. The smallest absolute Gasteiger partial charge is 0.312 e. The lowest BCUT2D eigenvalue weighted by molar-refractivity contribution is -0.386. The molecule has 0 aromatic heterocycles. The van der Waals surface area contributed by atoms with Crippen molar-refractivity contribution in [3.05, 3.63) is 33.4 Å². The van der Waals surface area contributed by atoms with Crippen molar-refractivity contribution < 1.29 is 10.0 Å². The van der Waals surface area contributed by atoms with E-state index in [4.69, 9.17) is 0 Å². The lowest BCUT2D eigenvalue weighted by Crippen LogP contribution is -2.48. The Balaban J connectivity index is 0.00000288. The third kappa shape index (κ3) is 5.19. The maximum atomic E-state index is 11.2. The zero-order valence-corrected chi connectivity index (χ0v) is 16.1. The van der Waals surface area contributed by atoms with Gasteiger partial charge in [-0.25, -0.2) is 0 Å². The molecule has 2 rings (SSSR count). The van der Waals surface area contributed by atoms with Crippen LogP contribution in [0.25, 0.3) is 0 Å². The van der Waals surface area contributed by atoms with Gasteiger partial charge in [-0.15, -0.1) is 24.8 Å². The highest BCUT2D eigenvalue weighted by Gasteiger charge is 2.36. The zero-order valence-electron chi connectivity index (χ0n) is 14.5. The number of phenols is 1. The molecule has 0 aliphatic carbocycles. The molecule has 0 unspecified atom stereocenters. The number of nitrogens with one attached hydrogen (secondary N) is 1. The number of aromatic hydroxyl groups is 1. The zero-order chi connectivity index (χ0) is 17.2. The van der Waals surface area contributed by atoms with E-state index in [-0.39, 0.29) is 47.6 Å². The van der Waals surface area contributed by atoms with Crippen LogP contribution in [0.15, 0.2) is 12.1 Å². The molecule has 0 saturated carbocycles. The van der Waals surface area contributed by atoms with Gasteiger partial charge in [0.05, 0.1) is 16.6 Å². The molecule has 0 radical (unpaired) electrons. The summed E-state index contributed by atoms with van der Waals surface area (Å²) in [6.07, 6.45) is 0. The van der Waals surface area contributed by atoms with E-state index in [1.54, 1.807) is 6.07 Å². The number of halogens is 2. The summed E-state index contributed by atoms with van der Waals surface area (Å²) < 4.78 is 0. The maximum absolute atomic E-state index is 11.2. The van der Waals surface area contributed by atoms with E-state index in [0.29, 0.717) is 5.56 Å². The first-order valence-electron chi connectivity index (χ1n) is 7.62. The van der Waals surface area contributed by atoms with Crippen molar-refractivity contribution in [2.45, 2.75) is 26.8 Å². The fourth-order valence-corrected chi connectivity index (χ4v) is 3.20. The predicted molar refractivity (Wildman–Crippen MR) is 101 cm³/mol. The van der Waals surface area contributed by atoms with Crippen molar-refractivity contribution in [3.63, 3.8) is 0 Å². The third-order valence-electron chi connectivity index (χ3n) is 4.08. The maximum Gasteiger partial charge on any atom is 0.312 e. The van der Waals surface area contributed by atoms with Gasteiger partial charge in [-0.05, 0) is 11.5 Å². The van der Waals surface area contributed by atoms with Gasteiger partial charge in [-0.1, -0.05) is 20.8 Å². The van der Waals surface area contributed by atoms with Crippen LogP contribution in [-0.4, -0.2) is 41.1 Å². The molecule has 1 heterocycles. The van der Waals surface area contributed by atoms with Crippen LogP contribution in [0.1, 0.15) is 37.9 Å². The van der Waals surface area contributed by atoms with Crippen LogP contribution in [0.2, 0.25) is 0 Å². The Bertz CT molecular complexity index is 650. The van der Waals surface area contributed by atoms with Crippen LogP contribution in [-0.2, 0) is 0 Å². The van der Waals surface area contributed by atoms with Gasteiger partial charge in [0.15, 0.2) is 5.75 Å². The molecule has 2 N–H and O–H groups in total. The number of nitro benzene ring substituents is 1. The molecule has 1 aromatic rings. The lowest BCUT2D eigenvalue weighted by Gasteiger charge is -2.42. The normalized spacial score (nSPS) is 16.1. The molecule has 0 bridgehead atoms. The van der Waals surface area contributed by atoms with E-state index >= 15 is 0 Å². The van der Waals surface area contributed by atoms with E-state index in [1.807, 2.05) is 26.8 Å². The van der Waals surface area contributed by atoms with Gasteiger partial charge >= 0.3 is 5.69 Å². The topological polar surface area (TPSA) is 102 Å². The minimum absolute atomic E-state index is 0. The van der Waals surface area contributed by atoms with Gasteiger partial charge in [0.1, 0.15) is 0 Å². The first-order chi connectivity index (χ1) is 10.8. The van der Waals surface area contributed by atoms with Crippen LogP contribution in [0.4, 0.5) is 5.69 Å². The Kier molecular flexibility index (Phi) is 8.62. The number of hydrogen-bond acceptors (Lipinski definition) is 6. The van der Waals surface area contributed by atoms with E-state index < -0.39 is 10.6 Å². The Morgan fingerprint density at radius 3 is 2.32 bits per heavy atom. The highest BCUT2D eigenvalue weighted by molar-refractivity contribution is 5.85. The highest BCUT2D eigenvalue weighted by atomic mass is 35.5. The van der Waals surface area contributed by atoms with Crippen LogP contribution in [0.5, 0.6) is 5.75 Å². The molecule has 0 amide bonds. The van der Waals surface area contributed by atoms with Crippen molar-refractivity contribution in [1.29, 1.82) is 5.26 Å². The summed E-state index contributed by atoms with van der Waals surface area (Å²) >= 11 is 0. The van der Waals surface area contributed by atoms with Gasteiger partial charge in [0.25, 0.3) is 0 Å². The molecule has 1 aromatic carbocycles. The average molecular weight is 391 g/mol. The molecule has 7 nitrogen and oxygen atoms in total. The second-order valence-corrected chi connectivity index (χ2v) is 6.86. The van der Waals surface area contributed by atoms with E-state index in [2.05, 4.69) is 10.2 Å². The number of nitro groups is 1. The summed E-state index contributed by atoms with van der Waals surface area (Å²) in [5, 5.41) is 34.1. The van der Waals surface area contributed by atoms with Gasteiger partial charge in [0.2, 0.25) is 0 Å². The van der Waals surface area contributed by atoms with Gasteiger partial charge in [-0.3, -0.25) is 15.0 Å². The summed E-state index contributed by atoms with van der Waals surface area (Å²) in [7, 11) is 0. The standard InChI is InChI=1S/C16H22N4O3.2ClH/c1-16(2,3)15(19-6-4-18-5-7-19)12-8-11(10-17)9-13(14(12)21)20(22)23;;/h8-9,15,18,21H,4-7H2,1-3H3;2*1H/t15-;;/m1../s1. The number of nitriles is 1. The number of rotatable bonds is 3. The molecular weight excluding hydrogens is 367 g/mol. The molecule has 140 valence electrons. The van der Waals surface area contributed by atoms with E-state index in [9.17, 15) is 20.5 Å². The molecule has 1 aliphatic heterocycles. The van der Waals surface area contributed by atoms with E-state index in [1.165, 1.54) is 0 Å². The Morgan fingerprint density at radius 2 is 1.88 bits per heavy atom. The van der Waals surface area contributed by atoms with Crippen molar-refractivity contribution in [2.24, 2.45) is 5.41 Å². The summed E-state index contributed by atoms with van der Waals surface area (Å²) in [5.41, 5.74) is -0.0287. The number of nitrogens with zero attached hydrogens (tertiary/aromatic N) is 3. The molecule has 0 spiro atoms. The fraction of sp³-hybridized carbons (Fsp3) is 0.562. The number of phenolic OH excluding ortho intramolecular Hbond substituents is 1. The highest BCUT2D eigenvalue weighted by Crippen LogP contribution is 2.45. The molecule has 1 fully saturated rings. The second-order valence-electron chi connectivity index (χ2n) is 6.86.